The summed E-state index contributed by atoms with van der Waals surface area (Å²) in [5, 5.41) is 20.9. The van der Waals surface area contributed by atoms with Crippen molar-refractivity contribution in [2.75, 3.05) is 5.32 Å². The number of aliphatic hydroxyl groups excluding tert-OH is 2. The first-order valence-corrected chi connectivity index (χ1v) is 3.21. The molecule has 1 aliphatic rings. The van der Waals surface area contributed by atoms with Crippen molar-refractivity contribution >= 4 is 5.82 Å². The van der Waals surface area contributed by atoms with Crippen molar-refractivity contribution in [3.05, 3.63) is 18.1 Å². The molecule has 5 heteroatoms. The molecule has 2 atom stereocenters. The van der Waals surface area contributed by atoms with Crippen LogP contribution in [0, 0.1) is 0 Å². The van der Waals surface area contributed by atoms with Crippen molar-refractivity contribution in [1.29, 1.82) is 0 Å². The van der Waals surface area contributed by atoms with Gasteiger partial charge in [-0.05, 0) is 0 Å². The van der Waals surface area contributed by atoms with Gasteiger partial charge >= 0.3 is 0 Å². The molecule has 0 aromatic carbocycles. The number of hydrogen-bond acceptors (Lipinski definition) is 5. The smallest absolute Gasteiger partial charge is 0.156 e. The molecule has 1 aliphatic heterocycles. The molecule has 58 valence electrons. The van der Waals surface area contributed by atoms with Gasteiger partial charge in [-0.1, -0.05) is 0 Å². The lowest BCUT2D eigenvalue weighted by atomic mass is 10.2. The summed E-state index contributed by atoms with van der Waals surface area (Å²) in [6, 6.07) is 0. The Bertz CT molecular complexity index is 278. The summed E-state index contributed by atoms with van der Waals surface area (Å²) >= 11 is 0. The molecule has 3 N–H and O–H groups in total. The minimum Gasteiger partial charge on any atom is -0.383 e. The van der Waals surface area contributed by atoms with E-state index >= 15 is 0 Å². The van der Waals surface area contributed by atoms with E-state index in [2.05, 4.69) is 15.3 Å². The summed E-state index contributed by atoms with van der Waals surface area (Å²) in [6.45, 7) is 0. The highest BCUT2D eigenvalue weighted by atomic mass is 16.3. The van der Waals surface area contributed by atoms with Gasteiger partial charge in [0.15, 0.2) is 6.23 Å². The normalized spacial score (nSPS) is 27.8. The number of hydrogen-bond donors (Lipinski definition) is 3. The lowest BCUT2D eigenvalue weighted by molar-refractivity contribution is 0.0460. The molecule has 0 amide bonds. The van der Waals surface area contributed by atoms with Gasteiger partial charge in [-0.2, -0.15) is 0 Å². The van der Waals surface area contributed by atoms with Gasteiger partial charge in [-0.25, -0.2) is 9.97 Å². The Morgan fingerprint density at radius 3 is 3.00 bits per heavy atom. The van der Waals surface area contributed by atoms with Crippen molar-refractivity contribution < 1.29 is 10.2 Å². The Hall–Kier alpha value is -1.20. The summed E-state index contributed by atoms with van der Waals surface area (Å²) < 4.78 is 0. The molecular formula is C6H7N3O2. The van der Waals surface area contributed by atoms with Crippen LogP contribution in [0.25, 0.3) is 0 Å². The Morgan fingerprint density at radius 2 is 2.27 bits per heavy atom. The summed E-state index contributed by atoms with van der Waals surface area (Å²) in [5.41, 5.74) is 0.542. The fourth-order valence-corrected chi connectivity index (χ4v) is 1.07. The van der Waals surface area contributed by atoms with E-state index in [1.165, 1.54) is 12.5 Å². The van der Waals surface area contributed by atoms with Crippen LogP contribution in [0.3, 0.4) is 0 Å². The molecule has 1 aromatic heterocycles. The number of anilines is 1. The first-order valence-electron chi connectivity index (χ1n) is 3.21. The maximum Gasteiger partial charge on any atom is 0.156 e. The van der Waals surface area contributed by atoms with E-state index in [-0.39, 0.29) is 0 Å². The quantitative estimate of drug-likeness (QED) is 0.457. The van der Waals surface area contributed by atoms with E-state index in [0.717, 1.165) is 0 Å². The second-order valence-corrected chi connectivity index (χ2v) is 2.36. The Labute approximate surface area is 62.7 Å². The molecule has 0 bridgehead atoms. The second-order valence-electron chi connectivity index (χ2n) is 2.36. The average Bonchev–Trinajstić information content (AvgIpc) is 2.30. The van der Waals surface area contributed by atoms with Crippen LogP contribution in [-0.4, -0.2) is 26.4 Å². The van der Waals surface area contributed by atoms with Gasteiger partial charge in [-0.3, -0.25) is 0 Å². The first-order chi connectivity index (χ1) is 5.29. The molecule has 0 aliphatic carbocycles. The highest BCUT2D eigenvalue weighted by Gasteiger charge is 2.29. The van der Waals surface area contributed by atoms with Crippen molar-refractivity contribution in [3.8, 4) is 0 Å². The SMILES string of the molecule is OC1Nc2ncncc2C1O. The maximum atomic E-state index is 9.26. The monoisotopic (exact) mass is 153 g/mol. The zero-order valence-corrected chi connectivity index (χ0v) is 5.60. The van der Waals surface area contributed by atoms with E-state index < -0.39 is 12.3 Å². The predicted octanol–water partition coefficient (Wildman–Crippen LogP) is -0.746. The lowest BCUT2D eigenvalue weighted by Gasteiger charge is -2.05. The molecule has 2 heterocycles. The van der Waals surface area contributed by atoms with Gasteiger partial charge in [0.2, 0.25) is 0 Å². The zero-order chi connectivity index (χ0) is 7.84. The molecule has 11 heavy (non-hydrogen) atoms. The van der Waals surface area contributed by atoms with Crippen LogP contribution in [0.2, 0.25) is 0 Å². The van der Waals surface area contributed by atoms with Crippen LogP contribution < -0.4 is 5.32 Å². The van der Waals surface area contributed by atoms with Crippen LogP contribution in [0.1, 0.15) is 11.7 Å². The van der Waals surface area contributed by atoms with Crippen molar-refractivity contribution in [2.24, 2.45) is 0 Å². The van der Waals surface area contributed by atoms with E-state index in [4.69, 9.17) is 5.11 Å². The van der Waals surface area contributed by atoms with E-state index in [9.17, 15) is 5.11 Å². The summed E-state index contributed by atoms with van der Waals surface area (Å²) in [7, 11) is 0. The standard InChI is InChI=1S/C6H7N3O2/c10-4-3-1-7-2-8-5(3)9-6(4)11/h1-2,4,6,10-11H,(H,7,8,9). The Morgan fingerprint density at radius 1 is 1.45 bits per heavy atom. The van der Waals surface area contributed by atoms with Crippen LogP contribution >= 0.6 is 0 Å². The van der Waals surface area contributed by atoms with Crippen LogP contribution in [0.5, 0.6) is 0 Å². The number of fused-ring (bicyclic) bond motifs is 1. The maximum absolute atomic E-state index is 9.26. The van der Waals surface area contributed by atoms with Gasteiger partial charge in [0, 0.05) is 11.8 Å². The molecule has 0 spiro atoms. The molecule has 0 saturated carbocycles. The highest BCUT2D eigenvalue weighted by Crippen LogP contribution is 2.29. The van der Waals surface area contributed by atoms with Gasteiger partial charge in [0.05, 0.1) is 0 Å². The summed E-state index contributed by atoms with van der Waals surface area (Å²) in [4.78, 5) is 7.54. The minimum atomic E-state index is -0.957. The molecule has 2 unspecified atom stereocenters. The lowest BCUT2D eigenvalue weighted by Crippen LogP contribution is -2.18. The van der Waals surface area contributed by atoms with Crippen molar-refractivity contribution in [3.63, 3.8) is 0 Å². The average molecular weight is 153 g/mol. The van der Waals surface area contributed by atoms with Crippen LogP contribution in [0.4, 0.5) is 5.82 Å². The fourth-order valence-electron chi connectivity index (χ4n) is 1.07. The van der Waals surface area contributed by atoms with Crippen molar-refractivity contribution in [1.82, 2.24) is 9.97 Å². The molecule has 5 nitrogen and oxygen atoms in total. The van der Waals surface area contributed by atoms with Gasteiger partial charge in [-0.15, -0.1) is 0 Å². The van der Waals surface area contributed by atoms with E-state index in [1.807, 2.05) is 0 Å². The largest absolute Gasteiger partial charge is 0.383 e. The molecule has 0 saturated heterocycles. The third kappa shape index (κ3) is 0.856. The summed E-state index contributed by atoms with van der Waals surface area (Å²) in [5.74, 6) is 0.500. The van der Waals surface area contributed by atoms with Gasteiger partial charge < -0.3 is 15.5 Å². The molecule has 2 rings (SSSR count). The summed E-state index contributed by atoms with van der Waals surface area (Å²) in [6.07, 6.45) is 0.972. The molecule has 0 radical (unpaired) electrons. The van der Waals surface area contributed by atoms with Crippen molar-refractivity contribution in [2.45, 2.75) is 12.3 Å². The molecule has 0 fully saturated rings. The minimum absolute atomic E-state index is 0.500. The number of nitrogens with one attached hydrogen (secondary N) is 1. The second kappa shape index (κ2) is 2.14. The third-order valence-corrected chi connectivity index (χ3v) is 1.64. The molecule has 1 aromatic rings. The first kappa shape index (κ1) is 6.51. The molecular weight excluding hydrogens is 146 g/mol. The number of aromatic nitrogens is 2. The fraction of sp³-hybridized carbons (Fsp3) is 0.333. The topological polar surface area (TPSA) is 78.3 Å². The Balaban J connectivity index is 2.47. The number of nitrogens with zero attached hydrogens (tertiary/aromatic N) is 2. The third-order valence-electron chi connectivity index (χ3n) is 1.64. The van der Waals surface area contributed by atoms with Gasteiger partial charge in [0.25, 0.3) is 0 Å². The van der Waals surface area contributed by atoms with Crippen LogP contribution in [-0.2, 0) is 0 Å². The number of aliphatic hydroxyl groups is 2. The highest BCUT2D eigenvalue weighted by molar-refractivity contribution is 5.49. The van der Waals surface area contributed by atoms with Gasteiger partial charge in [0.1, 0.15) is 18.2 Å². The predicted molar refractivity (Wildman–Crippen MR) is 36.6 cm³/mol. The Kier molecular flexibility index (Phi) is 1.27. The van der Waals surface area contributed by atoms with Crippen LogP contribution in [0.15, 0.2) is 12.5 Å². The zero-order valence-electron chi connectivity index (χ0n) is 5.60. The van der Waals surface area contributed by atoms with E-state index in [1.54, 1.807) is 0 Å². The van der Waals surface area contributed by atoms with E-state index in [0.29, 0.717) is 11.4 Å². The number of rotatable bonds is 0.